The zero-order valence-electron chi connectivity index (χ0n) is 18.0. The number of halogens is 1. The fraction of sp³-hybridized carbons (Fsp3) is 0.522. The molecule has 1 aromatic carbocycles. The zero-order chi connectivity index (χ0) is 21.1. The molecule has 0 aromatic heterocycles. The van der Waals surface area contributed by atoms with Gasteiger partial charge in [-0.15, -0.1) is 24.0 Å². The number of rotatable bonds is 8. The Balaban J connectivity index is 0.00000272. The van der Waals surface area contributed by atoms with Crippen molar-refractivity contribution in [2.75, 3.05) is 27.2 Å². The van der Waals surface area contributed by atoms with Crippen LogP contribution in [-0.2, 0) is 27.5 Å². The molecular weight excluding hydrogens is 507 g/mol. The Bertz CT molecular complexity index is 842. The molecule has 1 heterocycles. The van der Waals surface area contributed by atoms with Gasteiger partial charge in [0.1, 0.15) is 0 Å². The lowest BCUT2D eigenvalue weighted by molar-refractivity contribution is -0.140. The molecule has 2 aliphatic carbocycles. The SMILES string of the molecule is CN=C(NCCCN1C(=O)C2C3C=CC(C3)C2C1=O)NCc1ccccc1COC.I. The average molecular weight is 538 g/mol. The van der Waals surface area contributed by atoms with Crippen LogP contribution in [0.2, 0.25) is 0 Å². The molecule has 4 unspecified atom stereocenters. The smallest absolute Gasteiger partial charge is 0.233 e. The molecule has 2 bridgehead atoms. The van der Waals surface area contributed by atoms with Gasteiger partial charge in [-0.25, -0.2) is 0 Å². The Morgan fingerprint density at radius 3 is 2.35 bits per heavy atom. The van der Waals surface area contributed by atoms with Crippen LogP contribution in [-0.4, -0.2) is 49.9 Å². The molecule has 31 heavy (non-hydrogen) atoms. The van der Waals surface area contributed by atoms with E-state index in [1.807, 2.05) is 12.1 Å². The standard InChI is InChI=1S/C23H30N4O3.HI/c1-24-23(26-13-17-6-3-4-7-18(17)14-30-2)25-10-5-11-27-21(28)19-15-8-9-16(12-15)20(19)22(27)29;/h3-4,6-9,15-16,19-20H,5,10-14H2,1-2H3,(H2,24,25,26);1H. The minimum absolute atomic E-state index is 0. The highest BCUT2D eigenvalue weighted by Gasteiger charge is 2.58. The van der Waals surface area contributed by atoms with E-state index in [1.54, 1.807) is 14.2 Å². The molecule has 168 valence electrons. The summed E-state index contributed by atoms with van der Waals surface area (Å²) in [6.07, 6.45) is 5.92. The van der Waals surface area contributed by atoms with Gasteiger partial charge >= 0.3 is 0 Å². The maximum absolute atomic E-state index is 12.7. The molecule has 1 aromatic rings. The van der Waals surface area contributed by atoms with Crippen molar-refractivity contribution in [2.45, 2.75) is 26.0 Å². The van der Waals surface area contributed by atoms with Gasteiger partial charge in [-0.2, -0.15) is 0 Å². The first-order chi connectivity index (χ1) is 14.6. The molecule has 1 aliphatic heterocycles. The van der Waals surface area contributed by atoms with Gasteiger partial charge in [0.15, 0.2) is 5.96 Å². The highest BCUT2D eigenvalue weighted by Crippen LogP contribution is 2.52. The lowest BCUT2D eigenvalue weighted by atomic mass is 9.85. The monoisotopic (exact) mass is 538 g/mol. The third-order valence-corrected chi connectivity index (χ3v) is 6.50. The fourth-order valence-electron chi connectivity index (χ4n) is 5.05. The summed E-state index contributed by atoms with van der Waals surface area (Å²) in [4.78, 5) is 31.2. The number of fused-ring (bicyclic) bond motifs is 5. The number of carbonyl (C=O) groups is 2. The van der Waals surface area contributed by atoms with Crippen molar-refractivity contribution >= 4 is 41.8 Å². The molecule has 4 atom stereocenters. The van der Waals surface area contributed by atoms with Gasteiger partial charge in [0.25, 0.3) is 0 Å². The molecule has 0 spiro atoms. The second-order valence-corrected chi connectivity index (χ2v) is 8.24. The molecule has 2 amide bonds. The number of hydrogen-bond acceptors (Lipinski definition) is 4. The van der Waals surface area contributed by atoms with Crippen LogP contribution >= 0.6 is 24.0 Å². The summed E-state index contributed by atoms with van der Waals surface area (Å²) in [5, 5.41) is 6.58. The number of hydrogen-bond donors (Lipinski definition) is 2. The first kappa shape index (κ1) is 23.7. The molecule has 3 aliphatic rings. The van der Waals surface area contributed by atoms with E-state index in [9.17, 15) is 9.59 Å². The van der Waals surface area contributed by atoms with Gasteiger partial charge in [0.05, 0.1) is 18.4 Å². The molecule has 1 saturated carbocycles. The van der Waals surface area contributed by atoms with Crippen molar-refractivity contribution in [1.82, 2.24) is 15.5 Å². The first-order valence-corrected chi connectivity index (χ1v) is 10.7. The van der Waals surface area contributed by atoms with Crippen molar-refractivity contribution in [2.24, 2.45) is 28.7 Å². The number of allylic oxidation sites excluding steroid dienone is 2. The van der Waals surface area contributed by atoms with Crippen LogP contribution in [0.3, 0.4) is 0 Å². The number of aliphatic imine (C=N–C) groups is 1. The number of nitrogens with zero attached hydrogens (tertiary/aromatic N) is 2. The summed E-state index contributed by atoms with van der Waals surface area (Å²) in [6.45, 7) is 2.31. The predicted molar refractivity (Wildman–Crippen MR) is 130 cm³/mol. The number of nitrogens with one attached hydrogen (secondary N) is 2. The summed E-state index contributed by atoms with van der Waals surface area (Å²) >= 11 is 0. The van der Waals surface area contributed by atoms with Crippen molar-refractivity contribution in [3.63, 3.8) is 0 Å². The quantitative estimate of drug-likeness (QED) is 0.133. The van der Waals surface area contributed by atoms with Crippen LogP contribution in [0.4, 0.5) is 0 Å². The van der Waals surface area contributed by atoms with Crippen LogP contribution in [0.5, 0.6) is 0 Å². The van der Waals surface area contributed by atoms with E-state index in [0.29, 0.717) is 38.6 Å². The van der Waals surface area contributed by atoms with E-state index >= 15 is 0 Å². The molecule has 4 rings (SSSR count). The van der Waals surface area contributed by atoms with Crippen LogP contribution in [0, 0.1) is 23.7 Å². The normalized spacial score (nSPS) is 26.3. The third kappa shape index (κ3) is 4.79. The number of amides is 2. The van der Waals surface area contributed by atoms with Gasteiger partial charge in [-0.05, 0) is 35.8 Å². The molecular formula is C23H31IN4O3. The van der Waals surface area contributed by atoms with Gasteiger partial charge in [-0.1, -0.05) is 36.4 Å². The minimum Gasteiger partial charge on any atom is -0.380 e. The number of ether oxygens (including phenoxy) is 1. The van der Waals surface area contributed by atoms with Crippen LogP contribution in [0.15, 0.2) is 41.4 Å². The fourth-order valence-corrected chi connectivity index (χ4v) is 5.05. The number of methoxy groups -OCH3 is 1. The van der Waals surface area contributed by atoms with E-state index in [-0.39, 0.29) is 59.5 Å². The van der Waals surface area contributed by atoms with Gasteiger partial charge in [-0.3, -0.25) is 19.5 Å². The van der Waals surface area contributed by atoms with Crippen molar-refractivity contribution in [3.05, 3.63) is 47.5 Å². The van der Waals surface area contributed by atoms with E-state index in [0.717, 1.165) is 17.5 Å². The largest absolute Gasteiger partial charge is 0.380 e. The molecule has 0 radical (unpaired) electrons. The molecule has 2 N–H and O–H groups in total. The molecule has 7 nitrogen and oxygen atoms in total. The number of imide groups is 1. The topological polar surface area (TPSA) is 83.0 Å². The lowest BCUT2D eigenvalue weighted by Crippen LogP contribution is -2.39. The number of carbonyl (C=O) groups excluding carboxylic acids is 2. The first-order valence-electron chi connectivity index (χ1n) is 10.7. The van der Waals surface area contributed by atoms with Gasteiger partial charge in [0, 0.05) is 33.8 Å². The summed E-state index contributed by atoms with van der Waals surface area (Å²) < 4.78 is 5.25. The van der Waals surface area contributed by atoms with Crippen LogP contribution in [0.1, 0.15) is 24.0 Å². The van der Waals surface area contributed by atoms with Crippen molar-refractivity contribution in [3.8, 4) is 0 Å². The number of guanidine groups is 1. The zero-order valence-corrected chi connectivity index (χ0v) is 20.4. The summed E-state index contributed by atoms with van der Waals surface area (Å²) in [5.74, 6) is 1.06. The number of likely N-dealkylation sites (tertiary alicyclic amines) is 1. The van der Waals surface area contributed by atoms with Crippen LogP contribution in [0.25, 0.3) is 0 Å². The van der Waals surface area contributed by atoms with E-state index < -0.39 is 0 Å². The summed E-state index contributed by atoms with van der Waals surface area (Å²) in [7, 11) is 3.42. The second kappa shape index (κ2) is 10.6. The molecule has 1 saturated heterocycles. The Labute approximate surface area is 200 Å². The predicted octanol–water partition coefficient (Wildman–Crippen LogP) is 2.31. The van der Waals surface area contributed by atoms with Crippen molar-refractivity contribution < 1.29 is 14.3 Å². The summed E-state index contributed by atoms with van der Waals surface area (Å²) in [5.41, 5.74) is 2.30. The van der Waals surface area contributed by atoms with Crippen molar-refractivity contribution in [1.29, 1.82) is 0 Å². The van der Waals surface area contributed by atoms with E-state index in [4.69, 9.17) is 4.74 Å². The maximum Gasteiger partial charge on any atom is 0.233 e. The minimum atomic E-state index is -0.109. The highest BCUT2D eigenvalue weighted by molar-refractivity contribution is 14.0. The highest BCUT2D eigenvalue weighted by atomic mass is 127. The Morgan fingerprint density at radius 1 is 1.10 bits per heavy atom. The maximum atomic E-state index is 12.7. The molecule has 2 fully saturated rings. The van der Waals surface area contributed by atoms with E-state index in [2.05, 4.69) is 39.9 Å². The molecule has 8 heteroatoms. The second-order valence-electron chi connectivity index (χ2n) is 8.24. The Kier molecular flexibility index (Phi) is 8.10. The summed E-state index contributed by atoms with van der Waals surface area (Å²) in [6, 6.07) is 8.13. The lowest BCUT2D eigenvalue weighted by Gasteiger charge is -2.18. The number of benzene rings is 1. The van der Waals surface area contributed by atoms with E-state index in [1.165, 1.54) is 4.90 Å². The van der Waals surface area contributed by atoms with Crippen LogP contribution < -0.4 is 10.6 Å². The Morgan fingerprint density at radius 2 is 1.74 bits per heavy atom. The Hall–Kier alpha value is -1.94. The third-order valence-electron chi connectivity index (χ3n) is 6.50. The average Bonchev–Trinajstić information content (AvgIpc) is 3.44. The van der Waals surface area contributed by atoms with Gasteiger partial charge < -0.3 is 15.4 Å². The van der Waals surface area contributed by atoms with Gasteiger partial charge in [0.2, 0.25) is 11.8 Å².